The molecule has 126 valence electrons. The van der Waals surface area contributed by atoms with Gasteiger partial charge in [-0.05, 0) is 51.1 Å². The highest BCUT2D eigenvalue weighted by molar-refractivity contribution is 8.00. The Bertz CT molecular complexity index is 758. The Morgan fingerprint density at radius 2 is 2.04 bits per heavy atom. The van der Waals surface area contributed by atoms with Gasteiger partial charge < -0.3 is 14.8 Å². The van der Waals surface area contributed by atoms with E-state index in [2.05, 4.69) is 11.4 Å². The molecule has 0 aliphatic heterocycles. The lowest BCUT2D eigenvalue weighted by atomic mass is 9.96. The fourth-order valence-electron chi connectivity index (χ4n) is 2.36. The lowest BCUT2D eigenvalue weighted by Gasteiger charge is -2.23. The molecule has 0 saturated heterocycles. The minimum Gasteiger partial charge on any atom is -0.466 e. The van der Waals surface area contributed by atoms with Gasteiger partial charge in [0, 0.05) is 10.5 Å². The van der Waals surface area contributed by atoms with Crippen molar-refractivity contribution in [3.8, 4) is 6.07 Å². The molecule has 2 rings (SSSR count). The van der Waals surface area contributed by atoms with Crippen LogP contribution in [0.1, 0.15) is 29.6 Å². The molecule has 1 unspecified atom stereocenters. The van der Waals surface area contributed by atoms with E-state index in [4.69, 9.17) is 9.68 Å². The zero-order valence-corrected chi connectivity index (χ0v) is 14.7. The number of aryl methyl sites for hydroxylation is 2. The van der Waals surface area contributed by atoms with Crippen molar-refractivity contribution < 1.29 is 14.3 Å². The van der Waals surface area contributed by atoms with Crippen LogP contribution in [0.5, 0.6) is 0 Å². The summed E-state index contributed by atoms with van der Waals surface area (Å²) < 4.78 is 5.43. The molecular weight excluding hydrogens is 324 g/mol. The molecule has 0 saturated carbocycles. The van der Waals surface area contributed by atoms with E-state index in [1.54, 1.807) is 32.0 Å². The number of aliphatic hydroxyl groups is 1. The summed E-state index contributed by atoms with van der Waals surface area (Å²) in [5.74, 6) is 1.46. The maximum absolute atomic E-state index is 12.0. The molecule has 24 heavy (non-hydrogen) atoms. The molecule has 1 atom stereocenters. The standard InChI is InChI=1S/C18H20N2O3S/c1-12-8-16(13(2)23-12)18(3,22)11-20-17(21)10-24-15-6-4-14(9-19)5-7-15/h4-8,22H,10-11H2,1-3H3,(H,20,21). The average molecular weight is 344 g/mol. The Labute approximate surface area is 145 Å². The second-order valence-corrected chi connectivity index (χ2v) is 6.85. The van der Waals surface area contributed by atoms with Crippen molar-refractivity contribution in [1.29, 1.82) is 5.26 Å². The van der Waals surface area contributed by atoms with Crippen LogP contribution in [0.15, 0.2) is 39.6 Å². The van der Waals surface area contributed by atoms with Gasteiger partial charge in [0.1, 0.15) is 17.1 Å². The first kappa shape index (κ1) is 18.1. The molecule has 0 radical (unpaired) electrons. The molecule has 1 heterocycles. The smallest absolute Gasteiger partial charge is 0.230 e. The van der Waals surface area contributed by atoms with Crippen LogP contribution in [-0.4, -0.2) is 23.3 Å². The third-order valence-corrected chi connectivity index (χ3v) is 4.62. The van der Waals surface area contributed by atoms with E-state index in [-0.39, 0.29) is 18.2 Å². The number of nitrogens with one attached hydrogen (secondary N) is 1. The van der Waals surface area contributed by atoms with Gasteiger partial charge in [0.15, 0.2) is 0 Å². The van der Waals surface area contributed by atoms with Crippen LogP contribution < -0.4 is 5.32 Å². The topological polar surface area (TPSA) is 86.3 Å². The summed E-state index contributed by atoms with van der Waals surface area (Å²) in [5.41, 5.74) is 0.0852. The minimum absolute atomic E-state index is 0.111. The van der Waals surface area contributed by atoms with Gasteiger partial charge in [-0.2, -0.15) is 5.26 Å². The number of furan rings is 1. The predicted molar refractivity (Wildman–Crippen MR) is 92.6 cm³/mol. The van der Waals surface area contributed by atoms with Crippen LogP contribution >= 0.6 is 11.8 Å². The Balaban J connectivity index is 1.86. The van der Waals surface area contributed by atoms with Crippen LogP contribution in [0, 0.1) is 25.2 Å². The molecule has 1 amide bonds. The third kappa shape index (κ3) is 4.63. The minimum atomic E-state index is -1.18. The number of amides is 1. The van der Waals surface area contributed by atoms with Gasteiger partial charge in [-0.1, -0.05) is 0 Å². The first-order valence-corrected chi connectivity index (χ1v) is 8.50. The SMILES string of the molecule is Cc1cc(C(C)(O)CNC(=O)CSc2ccc(C#N)cc2)c(C)o1. The number of nitriles is 1. The van der Waals surface area contributed by atoms with Crippen LogP contribution in [0.25, 0.3) is 0 Å². The van der Waals surface area contributed by atoms with Crippen molar-refractivity contribution in [3.63, 3.8) is 0 Å². The molecule has 2 aromatic rings. The van der Waals surface area contributed by atoms with Crippen molar-refractivity contribution in [1.82, 2.24) is 5.32 Å². The summed E-state index contributed by atoms with van der Waals surface area (Å²) in [6.07, 6.45) is 0. The molecule has 6 heteroatoms. The van der Waals surface area contributed by atoms with Gasteiger partial charge in [-0.15, -0.1) is 11.8 Å². The summed E-state index contributed by atoms with van der Waals surface area (Å²) >= 11 is 1.38. The molecule has 0 fully saturated rings. The molecule has 1 aromatic carbocycles. The average Bonchev–Trinajstić information content (AvgIpc) is 2.91. The summed E-state index contributed by atoms with van der Waals surface area (Å²) in [7, 11) is 0. The predicted octanol–water partition coefficient (Wildman–Crippen LogP) is 2.88. The lowest BCUT2D eigenvalue weighted by molar-refractivity contribution is -0.119. The number of rotatable bonds is 6. The Hall–Kier alpha value is -2.23. The fraction of sp³-hybridized carbons (Fsp3) is 0.333. The van der Waals surface area contributed by atoms with Crippen LogP contribution in [-0.2, 0) is 10.4 Å². The van der Waals surface area contributed by atoms with Gasteiger partial charge in [-0.3, -0.25) is 4.79 Å². The number of carbonyl (C=O) groups is 1. The number of thioether (sulfide) groups is 1. The van der Waals surface area contributed by atoms with Crippen molar-refractivity contribution >= 4 is 17.7 Å². The molecular formula is C18H20N2O3S. The van der Waals surface area contributed by atoms with Crippen LogP contribution in [0.4, 0.5) is 0 Å². The first-order chi connectivity index (χ1) is 11.3. The molecule has 0 bridgehead atoms. The van der Waals surface area contributed by atoms with Gasteiger partial charge in [0.25, 0.3) is 0 Å². The molecule has 0 aliphatic rings. The van der Waals surface area contributed by atoms with Crippen LogP contribution in [0.2, 0.25) is 0 Å². The number of hydrogen-bond donors (Lipinski definition) is 2. The third-order valence-electron chi connectivity index (χ3n) is 3.60. The van der Waals surface area contributed by atoms with E-state index in [9.17, 15) is 9.90 Å². The van der Waals surface area contributed by atoms with Gasteiger partial charge >= 0.3 is 0 Å². The number of nitrogens with zero attached hydrogens (tertiary/aromatic N) is 1. The summed E-state index contributed by atoms with van der Waals surface area (Å²) in [6, 6.07) is 10.9. The monoisotopic (exact) mass is 344 g/mol. The molecule has 1 aromatic heterocycles. The Morgan fingerprint density at radius 1 is 1.38 bits per heavy atom. The van der Waals surface area contributed by atoms with Crippen molar-refractivity contribution in [3.05, 3.63) is 53.0 Å². The van der Waals surface area contributed by atoms with Crippen molar-refractivity contribution in [2.75, 3.05) is 12.3 Å². The Morgan fingerprint density at radius 3 is 2.58 bits per heavy atom. The van der Waals surface area contributed by atoms with E-state index in [1.165, 1.54) is 11.8 Å². The molecule has 0 aliphatic carbocycles. The van der Waals surface area contributed by atoms with Crippen molar-refractivity contribution in [2.45, 2.75) is 31.3 Å². The highest BCUT2D eigenvalue weighted by Gasteiger charge is 2.28. The van der Waals surface area contributed by atoms with E-state index in [0.29, 0.717) is 16.9 Å². The highest BCUT2D eigenvalue weighted by atomic mass is 32.2. The van der Waals surface area contributed by atoms with E-state index in [1.807, 2.05) is 19.1 Å². The molecule has 5 nitrogen and oxygen atoms in total. The number of carbonyl (C=O) groups excluding carboxylic acids is 1. The largest absolute Gasteiger partial charge is 0.466 e. The van der Waals surface area contributed by atoms with Gasteiger partial charge in [0.2, 0.25) is 5.91 Å². The summed E-state index contributed by atoms with van der Waals surface area (Å²) in [6.45, 7) is 5.37. The maximum atomic E-state index is 12.0. The maximum Gasteiger partial charge on any atom is 0.230 e. The molecule has 2 N–H and O–H groups in total. The quantitative estimate of drug-likeness (QED) is 0.787. The second-order valence-electron chi connectivity index (χ2n) is 5.80. The number of hydrogen-bond acceptors (Lipinski definition) is 5. The lowest BCUT2D eigenvalue weighted by Crippen LogP contribution is -2.39. The van der Waals surface area contributed by atoms with E-state index >= 15 is 0 Å². The van der Waals surface area contributed by atoms with Crippen molar-refractivity contribution in [2.24, 2.45) is 0 Å². The number of benzene rings is 1. The highest BCUT2D eigenvalue weighted by Crippen LogP contribution is 2.26. The van der Waals surface area contributed by atoms with E-state index in [0.717, 1.165) is 10.7 Å². The normalized spacial score (nSPS) is 13.1. The molecule has 0 spiro atoms. The first-order valence-electron chi connectivity index (χ1n) is 7.51. The summed E-state index contributed by atoms with van der Waals surface area (Å²) in [5, 5.41) is 22.1. The zero-order chi connectivity index (χ0) is 17.7. The second kappa shape index (κ2) is 7.56. The van der Waals surface area contributed by atoms with Gasteiger partial charge in [0.05, 0.1) is 23.9 Å². The van der Waals surface area contributed by atoms with Crippen LogP contribution in [0.3, 0.4) is 0 Å². The summed E-state index contributed by atoms with van der Waals surface area (Å²) in [4.78, 5) is 12.9. The Kier molecular flexibility index (Phi) is 5.71. The van der Waals surface area contributed by atoms with Gasteiger partial charge in [-0.25, -0.2) is 0 Å². The zero-order valence-electron chi connectivity index (χ0n) is 13.9. The fourth-order valence-corrected chi connectivity index (χ4v) is 3.09. The van der Waals surface area contributed by atoms with E-state index < -0.39 is 5.60 Å².